The number of hydrogen-bond donors (Lipinski definition) is 1. The van der Waals surface area contributed by atoms with Crippen LogP contribution in [0.2, 0.25) is 0 Å². The average molecular weight is 446 g/mol. The number of rotatable bonds is 4. The molecule has 1 amide bonds. The van der Waals surface area contributed by atoms with Crippen molar-refractivity contribution in [2.45, 2.75) is 38.4 Å². The van der Waals surface area contributed by atoms with Gasteiger partial charge in [-0.3, -0.25) is 14.2 Å². The smallest absolute Gasteiger partial charge is 0.265 e. The van der Waals surface area contributed by atoms with Crippen molar-refractivity contribution in [3.05, 3.63) is 75.7 Å². The number of benzene rings is 2. The molecule has 0 spiro atoms. The summed E-state index contributed by atoms with van der Waals surface area (Å²) in [6.07, 6.45) is 1.78. The number of anilines is 1. The Kier molecular flexibility index (Phi) is 5.09. The van der Waals surface area contributed by atoms with Crippen molar-refractivity contribution in [3.63, 3.8) is 0 Å². The van der Waals surface area contributed by atoms with E-state index in [1.807, 2.05) is 63.2 Å². The van der Waals surface area contributed by atoms with E-state index in [4.69, 9.17) is 4.98 Å². The summed E-state index contributed by atoms with van der Waals surface area (Å²) in [5, 5.41) is 8.50. The first-order valence-corrected chi connectivity index (χ1v) is 11.5. The van der Waals surface area contributed by atoms with Gasteiger partial charge in [-0.05, 0) is 55.7 Å². The van der Waals surface area contributed by atoms with Gasteiger partial charge in [0.1, 0.15) is 5.39 Å². The fraction of sp³-hybridized carbons (Fsp3) is 0.250. The highest BCUT2D eigenvalue weighted by Gasteiger charge is 2.29. The molecule has 1 N–H and O–H groups in total. The molecule has 1 aliphatic heterocycles. The normalized spacial score (nSPS) is 15.2. The van der Waals surface area contributed by atoms with Crippen LogP contribution in [0, 0.1) is 20.8 Å². The van der Waals surface area contributed by atoms with E-state index in [1.165, 1.54) is 11.8 Å². The summed E-state index contributed by atoms with van der Waals surface area (Å²) in [4.78, 5) is 30.8. The maximum Gasteiger partial charge on any atom is 0.265 e. The highest BCUT2D eigenvalue weighted by atomic mass is 32.2. The van der Waals surface area contributed by atoms with Gasteiger partial charge in [-0.2, -0.15) is 5.10 Å². The van der Waals surface area contributed by atoms with Crippen molar-refractivity contribution >= 4 is 34.4 Å². The van der Waals surface area contributed by atoms with Gasteiger partial charge in [0.15, 0.2) is 10.8 Å². The summed E-state index contributed by atoms with van der Waals surface area (Å²) in [7, 11) is 0. The average Bonchev–Trinajstić information content (AvgIpc) is 3.36. The first-order valence-electron chi connectivity index (χ1n) is 10.5. The number of carbonyl (C=O) groups excluding carboxylic acids is 1. The monoisotopic (exact) mass is 445 g/mol. The van der Waals surface area contributed by atoms with E-state index >= 15 is 0 Å². The molecule has 8 heteroatoms. The minimum Gasteiger partial charge on any atom is -0.326 e. The minimum absolute atomic E-state index is 0.111. The van der Waals surface area contributed by atoms with Crippen molar-refractivity contribution in [1.29, 1.82) is 0 Å². The topological polar surface area (TPSA) is 81.8 Å². The van der Waals surface area contributed by atoms with Gasteiger partial charge in [0.2, 0.25) is 5.91 Å². The highest BCUT2D eigenvalue weighted by molar-refractivity contribution is 7.99. The minimum atomic E-state index is -0.244. The second-order valence-electron chi connectivity index (χ2n) is 8.17. The standard InChI is InChI=1S/C24H23N5O2S/c1-14-6-4-8-17(10-14)29-22-19(12-25-29)23(31)28-18(13-32-24(28)27-22)11-21(30)26-20-9-5-7-15(2)16(20)3/h4-10,12,18H,11,13H2,1-3H3,(H,26,30). The van der Waals surface area contributed by atoms with Crippen LogP contribution in [0.4, 0.5) is 5.69 Å². The molecule has 0 bridgehead atoms. The SMILES string of the molecule is Cc1cccc(-n2ncc3c(=O)n4c(nc32)SCC4CC(=O)Nc2cccc(C)c2C)c1. The Morgan fingerprint density at radius 2 is 2.00 bits per heavy atom. The Morgan fingerprint density at radius 1 is 1.19 bits per heavy atom. The third kappa shape index (κ3) is 3.50. The molecular weight excluding hydrogens is 422 g/mol. The fourth-order valence-electron chi connectivity index (χ4n) is 4.03. The van der Waals surface area contributed by atoms with Crippen LogP contribution in [0.15, 0.2) is 58.6 Å². The second kappa shape index (κ2) is 7.94. The van der Waals surface area contributed by atoms with Crippen LogP contribution < -0.4 is 10.9 Å². The Labute approximate surface area is 189 Å². The third-order valence-corrected chi connectivity index (χ3v) is 7.01. The van der Waals surface area contributed by atoms with Crippen LogP contribution in [0.5, 0.6) is 0 Å². The van der Waals surface area contributed by atoms with E-state index in [0.29, 0.717) is 21.9 Å². The zero-order chi connectivity index (χ0) is 22.4. The number of amides is 1. The van der Waals surface area contributed by atoms with Crippen LogP contribution in [-0.2, 0) is 4.79 Å². The molecule has 2 aromatic carbocycles. The first-order chi connectivity index (χ1) is 15.4. The van der Waals surface area contributed by atoms with E-state index in [9.17, 15) is 9.59 Å². The lowest BCUT2D eigenvalue weighted by atomic mass is 10.1. The van der Waals surface area contributed by atoms with Gasteiger partial charge in [-0.15, -0.1) is 0 Å². The van der Waals surface area contributed by atoms with Crippen LogP contribution in [-0.4, -0.2) is 31.0 Å². The van der Waals surface area contributed by atoms with Crippen molar-refractivity contribution in [2.75, 3.05) is 11.1 Å². The van der Waals surface area contributed by atoms with Crippen molar-refractivity contribution in [1.82, 2.24) is 19.3 Å². The molecule has 32 heavy (non-hydrogen) atoms. The largest absolute Gasteiger partial charge is 0.326 e. The molecule has 4 aromatic rings. The molecule has 7 nitrogen and oxygen atoms in total. The Hall–Kier alpha value is -3.39. The molecule has 162 valence electrons. The van der Waals surface area contributed by atoms with Gasteiger partial charge in [-0.1, -0.05) is 36.0 Å². The second-order valence-corrected chi connectivity index (χ2v) is 9.15. The van der Waals surface area contributed by atoms with Gasteiger partial charge < -0.3 is 5.32 Å². The van der Waals surface area contributed by atoms with Crippen LogP contribution in [0.25, 0.3) is 16.7 Å². The number of fused-ring (bicyclic) bond motifs is 2. The molecule has 3 heterocycles. The summed E-state index contributed by atoms with van der Waals surface area (Å²) in [5.41, 5.74) is 5.33. The summed E-state index contributed by atoms with van der Waals surface area (Å²) in [6.45, 7) is 6.02. The highest BCUT2D eigenvalue weighted by Crippen LogP contribution is 2.33. The van der Waals surface area contributed by atoms with E-state index < -0.39 is 0 Å². The summed E-state index contributed by atoms with van der Waals surface area (Å²) in [6, 6.07) is 13.5. The number of nitrogens with zero attached hydrogens (tertiary/aromatic N) is 4. The predicted octanol–water partition coefficient (Wildman–Crippen LogP) is 4.18. The number of aromatic nitrogens is 4. The van der Waals surface area contributed by atoms with Crippen molar-refractivity contribution < 1.29 is 4.79 Å². The molecule has 0 fully saturated rings. The van der Waals surface area contributed by atoms with Gasteiger partial charge in [0.05, 0.1) is 17.9 Å². The van der Waals surface area contributed by atoms with Crippen LogP contribution in [0.1, 0.15) is 29.2 Å². The van der Waals surface area contributed by atoms with Gasteiger partial charge in [-0.25, -0.2) is 9.67 Å². The van der Waals surface area contributed by atoms with Crippen LogP contribution >= 0.6 is 11.8 Å². The number of carbonyl (C=O) groups is 1. The number of nitrogens with one attached hydrogen (secondary N) is 1. The summed E-state index contributed by atoms with van der Waals surface area (Å²) < 4.78 is 3.35. The molecule has 2 aromatic heterocycles. The Balaban J connectivity index is 1.45. The van der Waals surface area contributed by atoms with E-state index in [2.05, 4.69) is 10.4 Å². The molecule has 0 radical (unpaired) electrons. The Bertz CT molecular complexity index is 1420. The number of thioether (sulfide) groups is 1. The molecule has 1 atom stereocenters. The van der Waals surface area contributed by atoms with E-state index in [-0.39, 0.29) is 23.9 Å². The maximum atomic E-state index is 13.3. The lowest BCUT2D eigenvalue weighted by molar-refractivity contribution is -0.116. The molecule has 5 rings (SSSR count). The summed E-state index contributed by atoms with van der Waals surface area (Å²) >= 11 is 1.50. The van der Waals surface area contributed by atoms with Crippen molar-refractivity contribution in [2.24, 2.45) is 0 Å². The van der Waals surface area contributed by atoms with E-state index in [1.54, 1.807) is 15.4 Å². The molecule has 0 saturated carbocycles. The van der Waals surface area contributed by atoms with Gasteiger partial charge in [0.25, 0.3) is 5.56 Å². The maximum absolute atomic E-state index is 13.3. The number of hydrogen-bond acceptors (Lipinski definition) is 5. The lowest BCUT2D eigenvalue weighted by Crippen LogP contribution is -2.28. The predicted molar refractivity (Wildman–Crippen MR) is 127 cm³/mol. The Morgan fingerprint density at radius 3 is 2.81 bits per heavy atom. The zero-order valence-electron chi connectivity index (χ0n) is 18.1. The van der Waals surface area contributed by atoms with E-state index in [0.717, 1.165) is 28.1 Å². The molecular formula is C24H23N5O2S. The summed E-state index contributed by atoms with van der Waals surface area (Å²) in [5.74, 6) is 0.520. The lowest BCUT2D eigenvalue weighted by Gasteiger charge is -2.15. The number of aryl methyl sites for hydroxylation is 2. The zero-order valence-corrected chi connectivity index (χ0v) is 18.9. The molecule has 1 aliphatic rings. The molecule has 0 saturated heterocycles. The quantitative estimate of drug-likeness (QED) is 0.477. The third-order valence-electron chi connectivity index (χ3n) is 5.92. The van der Waals surface area contributed by atoms with Gasteiger partial charge >= 0.3 is 0 Å². The molecule has 0 aliphatic carbocycles. The fourth-order valence-corrected chi connectivity index (χ4v) is 5.16. The van der Waals surface area contributed by atoms with Gasteiger partial charge in [0, 0.05) is 17.9 Å². The van der Waals surface area contributed by atoms with Crippen molar-refractivity contribution in [3.8, 4) is 5.69 Å². The first kappa shape index (κ1) is 20.5. The van der Waals surface area contributed by atoms with Crippen LogP contribution in [0.3, 0.4) is 0 Å². The molecule has 1 unspecified atom stereocenters.